The van der Waals surface area contributed by atoms with E-state index in [0.29, 0.717) is 23.8 Å². The van der Waals surface area contributed by atoms with Gasteiger partial charge in [0.05, 0.1) is 23.9 Å². The van der Waals surface area contributed by atoms with Crippen LogP contribution in [-0.4, -0.2) is 53.6 Å². The lowest BCUT2D eigenvalue weighted by atomic mass is 9.96. The van der Waals surface area contributed by atoms with E-state index in [9.17, 15) is 4.79 Å². The van der Waals surface area contributed by atoms with Crippen molar-refractivity contribution >= 4 is 11.9 Å². The van der Waals surface area contributed by atoms with Crippen LogP contribution in [0.4, 0.5) is 5.95 Å². The highest BCUT2D eigenvalue weighted by atomic mass is 16.5. The first kappa shape index (κ1) is 21.0. The van der Waals surface area contributed by atoms with Crippen LogP contribution >= 0.6 is 0 Å². The second-order valence-electron chi connectivity index (χ2n) is 7.64. The summed E-state index contributed by atoms with van der Waals surface area (Å²) in [6, 6.07) is 21.5. The van der Waals surface area contributed by atoms with Crippen molar-refractivity contribution in [1.29, 1.82) is 0 Å². The summed E-state index contributed by atoms with van der Waals surface area (Å²) in [4.78, 5) is 25.7. The highest BCUT2D eigenvalue weighted by Gasteiger charge is 2.27. The molecule has 0 radical (unpaired) electrons. The maximum absolute atomic E-state index is 12.0. The predicted molar refractivity (Wildman–Crippen MR) is 121 cm³/mol. The van der Waals surface area contributed by atoms with Crippen LogP contribution in [0, 0.1) is 6.92 Å². The Balaban J connectivity index is 1.49. The molecule has 0 N–H and O–H groups in total. The number of nitrogens with zero attached hydrogens (tertiary/aromatic N) is 4. The Kier molecular flexibility index (Phi) is 6.57. The number of piperazine rings is 1. The van der Waals surface area contributed by atoms with E-state index in [-0.39, 0.29) is 12.0 Å². The minimum atomic E-state index is -0.370. The van der Waals surface area contributed by atoms with Crippen LogP contribution in [0.1, 0.15) is 40.1 Å². The molecule has 1 aliphatic heterocycles. The monoisotopic (exact) mass is 416 g/mol. The molecule has 2 heterocycles. The molecule has 0 spiro atoms. The average Bonchev–Trinajstić information content (AvgIpc) is 2.81. The third-order valence-electron chi connectivity index (χ3n) is 5.65. The van der Waals surface area contributed by atoms with Gasteiger partial charge in [-0.15, -0.1) is 0 Å². The lowest BCUT2D eigenvalue weighted by molar-refractivity contribution is 0.0524. The van der Waals surface area contributed by atoms with Gasteiger partial charge < -0.3 is 9.64 Å². The van der Waals surface area contributed by atoms with Gasteiger partial charge in [-0.3, -0.25) is 4.90 Å². The van der Waals surface area contributed by atoms with Gasteiger partial charge in [0.15, 0.2) is 0 Å². The van der Waals surface area contributed by atoms with Crippen molar-refractivity contribution < 1.29 is 9.53 Å². The lowest BCUT2D eigenvalue weighted by Gasteiger charge is -2.39. The fraction of sp³-hybridized carbons (Fsp3) is 0.320. The molecule has 4 rings (SSSR count). The summed E-state index contributed by atoms with van der Waals surface area (Å²) in [7, 11) is 0. The van der Waals surface area contributed by atoms with Crippen molar-refractivity contribution in [2.45, 2.75) is 19.9 Å². The number of hydrogen-bond acceptors (Lipinski definition) is 6. The van der Waals surface area contributed by atoms with Crippen molar-refractivity contribution in [2.75, 3.05) is 37.7 Å². The van der Waals surface area contributed by atoms with Gasteiger partial charge in [0.2, 0.25) is 5.95 Å². The molecule has 0 saturated carbocycles. The van der Waals surface area contributed by atoms with Crippen molar-refractivity contribution in [1.82, 2.24) is 14.9 Å². The number of esters is 1. The molecule has 0 atom stereocenters. The van der Waals surface area contributed by atoms with Gasteiger partial charge >= 0.3 is 5.97 Å². The van der Waals surface area contributed by atoms with E-state index < -0.39 is 0 Å². The Morgan fingerprint density at radius 3 is 2.06 bits per heavy atom. The van der Waals surface area contributed by atoms with Crippen LogP contribution in [0.5, 0.6) is 0 Å². The van der Waals surface area contributed by atoms with Gasteiger partial charge in [0.1, 0.15) is 0 Å². The van der Waals surface area contributed by atoms with Gasteiger partial charge in [0, 0.05) is 32.4 Å². The van der Waals surface area contributed by atoms with E-state index in [2.05, 4.69) is 80.4 Å². The molecule has 0 bridgehead atoms. The summed E-state index contributed by atoms with van der Waals surface area (Å²) in [5.74, 6) is 0.297. The molecule has 160 valence electrons. The first-order chi connectivity index (χ1) is 15.2. The number of aryl methyl sites for hydroxylation is 1. The van der Waals surface area contributed by atoms with Crippen LogP contribution in [0.2, 0.25) is 0 Å². The minimum Gasteiger partial charge on any atom is -0.462 e. The Labute approximate surface area is 183 Å². The zero-order chi connectivity index (χ0) is 21.6. The third kappa shape index (κ3) is 4.75. The summed E-state index contributed by atoms with van der Waals surface area (Å²) in [6.45, 7) is 7.41. The van der Waals surface area contributed by atoms with Crippen molar-refractivity contribution in [3.63, 3.8) is 0 Å². The Hall–Kier alpha value is -3.25. The van der Waals surface area contributed by atoms with Gasteiger partial charge in [-0.25, -0.2) is 14.8 Å². The number of carbonyl (C=O) groups excluding carboxylic acids is 1. The van der Waals surface area contributed by atoms with Crippen LogP contribution in [0.15, 0.2) is 66.9 Å². The second-order valence-corrected chi connectivity index (χ2v) is 7.64. The Morgan fingerprint density at radius 2 is 1.55 bits per heavy atom. The van der Waals surface area contributed by atoms with Crippen molar-refractivity contribution in [2.24, 2.45) is 0 Å². The average molecular weight is 417 g/mol. The van der Waals surface area contributed by atoms with Gasteiger partial charge in [-0.2, -0.15) is 0 Å². The van der Waals surface area contributed by atoms with E-state index in [1.54, 1.807) is 13.1 Å². The molecule has 2 aromatic carbocycles. The van der Waals surface area contributed by atoms with E-state index in [4.69, 9.17) is 4.74 Å². The molecular formula is C25H28N4O2. The van der Waals surface area contributed by atoms with E-state index in [1.165, 1.54) is 11.1 Å². The number of carbonyl (C=O) groups is 1. The molecule has 6 heteroatoms. The molecule has 1 aromatic heterocycles. The van der Waals surface area contributed by atoms with Crippen LogP contribution in [-0.2, 0) is 4.74 Å². The van der Waals surface area contributed by atoms with E-state index in [1.807, 2.05) is 6.92 Å². The topological polar surface area (TPSA) is 58.6 Å². The van der Waals surface area contributed by atoms with Crippen LogP contribution in [0.3, 0.4) is 0 Å². The van der Waals surface area contributed by atoms with Crippen LogP contribution in [0.25, 0.3) is 0 Å². The first-order valence-corrected chi connectivity index (χ1v) is 10.8. The standard InChI is InChI=1S/C25H28N4O2/c1-3-31-24(30)22-18-26-25(27-19(22)2)29-16-14-28(15-17-29)23(20-10-6-4-7-11-20)21-12-8-5-9-13-21/h4-13,18,23H,3,14-17H2,1-2H3. The molecule has 1 saturated heterocycles. The summed E-state index contributed by atoms with van der Waals surface area (Å²) < 4.78 is 5.08. The summed E-state index contributed by atoms with van der Waals surface area (Å²) >= 11 is 0. The highest BCUT2D eigenvalue weighted by Crippen LogP contribution is 2.30. The van der Waals surface area contributed by atoms with E-state index in [0.717, 1.165) is 26.2 Å². The number of hydrogen-bond donors (Lipinski definition) is 0. The smallest absolute Gasteiger partial charge is 0.341 e. The number of rotatable bonds is 6. The number of aromatic nitrogens is 2. The molecule has 1 fully saturated rings. The number of anilines is 1. The molecule has 0 amide bonds. The molecule has 6 nitrogen and oxygen atoms in total. The molecule has 0 unspecified atom stereocenters. The third-order valence-corrected chi connectivity index (χ3v) is 5.65. The highest BCUT2D eigenvalue weighted by molar-refractivity contribution is 5.90. The van der Waals surface area contributed by atoms with Crippen molar-refractivity contribution in [3.8, 4) is 0 Å². The second kappa shape index (κ2) is 9.71. The quantitative estimate of drug-likeness (QED) is 0.569. The van der Waals surface area contributed by atoms with Crippen molar-refractivity contribution in [3.05, 3.63) is 89.2 Å². The molecule has 31 heavy (non-hydrogen) atoms. The Bertz CT molecular complexity index is 963. The fourth-order valence-electron chi connectivity index (χ4n) is 4.08. The minimum absolute atomic E-state index is 0.221. The number of ether oxygens (including phenoxy) is 1. The van der Waals surface area contributed by atoms with Gasteiger partial charge in [-0.1, -0.05) is 60.7 Å². The SMILES string of the molecule is CCOC(=O)c1cnc(N2CCN(C(c3ccccc3)c3ccccc3)CC2)nc1C. The Morgan fingerprint density at radius 1 is 0.968 bits per heavy atom. The maximum Gasteiger partial charge on any atom is 0.341 e. The molecular weight excluding hydrogens is 388 g/mol. The predicted octanol–water partition coefficient (Wildman–Crippen LogP) is 3.87. The fourth-order valence-corrected chi connectivity index (χ4v) is 4.08. The molecule has 0 aliphatic carbocycles. The van der Waals surface area contributed by atoms with Gasteiger partial charge in [-0.05, 0) is 25.0 Å². The summed E-state index contributed by atoms with van der Waals surface area (Å²) in [5.41, 5.74) is 3.68. The maximum atomic E-state index is 12.0. The molecule has 1 aliphatic rings. The summed E-state index contributed by atoms with van der Waals surface area (Å²) in [6.07, 6.45) is 1.58. The first-order valence-electron chi connectivity index (χ1n) is 10.8. The van der Waals surface area contributed by atoms with E-state index >= 15 is 0 Å². The zero-order valence-corrected chi connectivity index (χ0v) is 18.1. The summed E-state index contributed by atoms with van der Waals surface area (Å²) in [5, 5.41) is 0. The lowest BCUT2D eigenvalue weighted by Crippen LogP contribution is -2.48. The zero-order valence-electron chi connectivity index (χ0n) is 18.1. The largest absolute Gasteiger partial charge is 0.462 e. The van der Waals surface area contributed by atoms with Gasteiger partial charge in [0.25, 0.3) is 0 Å². The normalized spacial score (nSPS) is 14.6. The van der Waals surface area contributed by atoms with Crippen LogP contribution < -0.4 is 4.90 Å². The number of benzene rings is 2. The molecule has 3 aromatic rings.